The average Bonchev–Trinajstić information content (AvgIpc) is 2.03. The van der Waals surface area contributed by atoms with Gasteiger partial charge in [0.1, 0.15) is 0 Å². The van der Waals surface area contributed by atoms with Crippen LogP contribution in [0, 0.1) is 6.92 Å². The number of pyridine rings is 1. The number of aryl methyl sites for hydroxylation is 1. The molecule has 1 aromatic rings. The molecule has 0 aliphatic carbocycles. The zero-order chi connectivity index (χ0) is 8.27. The molecule has 1 heterocycles. The van der Waals surface area contributed by atoms with Gasteiger partial charge in [-0.3, -0.25) is 4.98 Å². The van der Waals surface area contributed by atoms with Crippen LogP contribution in [-0.2, 0) is 0 Å². The zero-order valence-electron chi connectivity index (χ0n) is 6.84. The van der Waals surface area contributed by atoms with Crippen molar-refractivity contribution in [2.24, 2.45) is 0 Å². The normalized spacial score (nSPS) is 13.0. The molecule has 1 nitrogen and oxygen atoms in total. The predicted molar refractivity (Wildman–Crippen MR) is 51.2 cm³/mol. The van der Waals surface area contributed by atoms with Gasteiger partial charge in [-0.05, 0) is 24.6 Å². The minimum absolute atomic E-state index is 0.509. The monoisotopic (exact) mass is 213 g/mol. The summed E-state index contributed by atoms with van der Waals surface area (Å²) < 4.78 is 0. The van der Waals surface area contributed by atoms with Gasteiger partial charge in [0, 0.05) is 23.1 Å². The van der Waals surface area contributed by atoms with Crippen molar-refractivity contribution in [2.75, 3.05) is 5.33 Å². The van der Waals surface area contributed by atoms with Crippen LogP contribution in [0.3, 0.4) is 0 Å². The Morgan fingerprint density at radius 1 is 1.64 bits per heavy atom. The standard InChI is InChI=1S/C9H12BrN/c1-7-3-4-11-9(5-7)8(2)6-10/h3-5,8H,6H2,1-2H3. The molecule has 1 aromatic heterocycles. The molecule has 11 heavy (non-hydrogen) atoms. The lowest BCUT2D eigenvalue weighted by Gasteiger charge is -2.06. The van der Waals surface area contributed by atoms with E-state index in [1.165, 1.54) is 11.3 Å². The zero-order valence-corrected chi connectivity index (χ0v) is 8.43. The van der Waals surface area contributed by atoms with Crippen LogP contribution in [0.5, 0.6) is 0 Å². The van der Waals surface area contributed by atoms with Crippen LogP contribution in [-0.4, -0.2) is 10.3 Å². The Bertz CT molecular complexity index is 235. The summed E-state index contributed by atoms with van der Waals surface area (Å²) in [5.41, 5.74) is 2.45. The van der Waals surface area contributed by atoms with E-state index in [0.717, 1.165) is 5.33 Å². The Hall–Kier alpha value is -0.370. The van der Waals surface area contributed by atoms with Crippen LogP contribution in [0.25, 0.3) is 0 Å². The van der Waals surface area contributed by atoms with Crippen molar-refractivity contribution in [3.8, 4) is 0 Å². The summed E-state index contributed by atoms with van der Waals surface area (Å²) in [6, 6.07) is 4.15. The summed E-state index contributed by atoms with van der Waals surface area (Å²) in [7, 11) is 0. The summed E-state index contributed by atoms with van der Waals surface area (Å²) in [6.07, 6.45) is 1.86. The molecule has 60 valence electrons. The second kappa shape index (κ2) is 3.86. The Balaban J connectivity index is 2.86. The van der Waals surface area contributed by atoms with Crippen LogP contribution < -0.4 is 0 Å². The Morgan fingerprint density at radius 2 is 2.36 bits per heavy atom. The van der Waals surface area contributed by atoms with Gasteiger partial charge in [-0.15, -0.1) is 0 Å². The van der Waals surface area contributed by atoms with Gasteiger partial charge in [0.15, 0.2) is 0 Å². The highest BCUT2D eigenvalue weighted by atomic mass is 79.9. The number of rotatable bonds is 2. The third-order valence-corrected chi connectivity index (χ3v) is 2.64. The highest BCUT2D eigenvalue weighted by Gasteiger charge is 2.03. The van der Waals surface area contributed by atoms with E-state index < -0.39 is 0 Å². The van der Waals surface area contributed by atoms with Crippen molar-refractivity contribution in [2.45, 2.75) is 19.8 Å². The van der Waals surface area contributed by atoms with E-state index in [1.807, 2.05) is 12.3 Å². The van der Waals surface area contributed by atoms with Gasteiger partial charge in [-0.1, -0.05) is 22.9 Å². The molecule has 0 aliphatic heterocycles. The summed E-state index contributed by atoms with van der Waals surface area (Å²) in [6.45, 7) is 4.25. The topological polar surface area (TPSA) is 12.9 Å². The first-order valence-electron chi connectivity index (χ1n) is 3.72. The molecule has 1 rings (SSSR count). The summed E-state index contributed by atoms with van der Waals surface area (Å²) in [5, 5.41) is 0.976. The van der Waals surface area contributed by atoms with Crippen molar-refractivity contribution in [3.63, 3.8) is 0 Å². The second-order valence-corrected chi connectivity index (χ2v) is 3.46. The molecular formula is C9H12BrN. The maximum absolute atomic E-state index is 4.28. The van der Waals surface area contributed by atoms with Crippen LogP contribution in [0.1, 0.15) is 24.1 Å². The van der Waals surface area contributed by atoms with Crippen molar-refractivity contribution < 1.29 is 0 Å². The van der Waals surface area contributed by atoms with Crippen molar-refractivity contribution >= 4 is 15.9 Å². The van der Waals surface area contributed by atoms with Gasteiger partial charge in [0.25, 0.3) is 0 Å². The first-order chi connectivity index (χ1) is 5.24. The maximum atomic E-state index is 4.28. The molecule has 0 saturated carbocycles. The van der Waals surface area contributed by atoms with E-state index in [1.54, 1.807) is 0 Å². The number of halogens is 1. The fourth-order valence-corrected chi connectivity index (χ4v) is 1.24. The van der Waals surface area contributed by atoms with Crippen molar-refractivity contribution in [1.82, 2.24) is 4.98 Å². The minimum atomic E-state index is 0.509. The fraction of sp³-hybridized carbons (Fsp3) is 0.444. The Morgan fingerprint density at radius 3 is 2.91 bits per heavy atom. The van der Waals surface area contributed by atoms with Gasteiger partial charge in [0.05, 0.1) is 0 Å². The van der Waals surface area contributed by atoms with Crippen LogP contribution in [0.4, 0.5) is 0 Å². The first-order valence-corrected chi connectivity index (χ1v) is 4.84. The molecule has 0 fully saturated rings. The van der Waals surface area contributed by atoms with E-state index in [9.17, 15) is 0 Å². The number of alkyl halides is 1. The molecule has 0 amide bonds. The molecular weight excluding hydrogens is 202 g/mol. The van der Waals surface area contributed by atoms with E-state index in [0.29, 0.717) is 5.92 Å². The summed E-state index contributed by atoms with van der Waals surface area (Å²) in [4.78, 5) is 4.28. The SMILES string of the molecule is Cc1ccnc(C(C)CBr)c1. The lowest BCUT2D eigenvalue weighted by molar-refractivity contribution is 0.838. The van der Waals surface area contributed by atoms with E-state index in [2.05, 4.69) is 40.8 Å². The third kappa shape index (κ3) is 2.29. The molecule has 0 bridgehead atoms. The number of nitrogens with zero attached hydrogens (tertiary/aromatic N) is 1. The van der Waals surface area contributed by atoms with E-state index in [4.69, 9.17) is 0 Å². The van der Waals surface area contributed by atoms with Crippen molar-refractivity contribution in [1.29, 1.82) is 0 Å². The van der Waals surface area contributed by atoms with Gasteiger partial charge < -0.3 is 0 Å². The van der Waals surface area contributed by atoms with Gasteiger partial charge in [0.2, 0.25) is 0 Å². The fourth-order valence-electron chi connectivity index (χ4n) is 0.908. The maximum Gasteiger partial charge on any atom is 0.0442 e. The Labute approximate surface area is 76.0 Å². The third-order valence-electron chi connectivity index (χ3n) is 1.67. The predicted octanol–water partition coefficient (Wildman–Crippen LogP) is 2.89. The molecule has 1 unspecified atom stereocenters. The minimum Gasteiger partial charge on any atom is -0.261 e. The quantitative estimate of drug-likeness (QED) is 0.689. The lowest BCUT2D eigenvalue weighted by atomic mass is 10.1. The van der Waals surface area contributed by atoms with Gasteiger partial charge in [-0.2, -0.15) is 0 Å². The van der Waals surface area contributed by atoms with Crippen molar-refractivity contribution in [3.05, 3.63) is 29.6 Å². The molecule has 0 aliphatic rings. The molecule has 0 saturated heterocycles. The largest absolute Gasteiger partial charge is 0.261 e. The summed E-state index contributed by atoms with van der Waals surface area (Å²) in [5.74, 6) is 0.509. The molecule has 0 radical (unpaired) electrons. The van der Waals surface area contributed by atoms with Crippen LogP contribution >= 0.6 is 15.9 Å². The van der Waals surface area contributed by atoms with Crippen LogP contribution in [0.15, 0.2) is 18.3 Å². The van der Waals surface area contributed by atoms with Crippen LogP contribution in [0.2, 0.25) is 0 Å². The molecule has 0 aromatic carbocycles. The van der Waals surface area contributed by atoms with Gasteiger partial charge >= 0.3 is 0 Å². The molecule has 0 N–H and O–H groups in total. The smallest absolute Gasteiger partial charge is 0.0442 e. The highest BCUT2D eigenvalue weighted by molar-refractivity contribution is 9.09. The lowest BCUT2D eigenvalue weighted by Crippen LogP contribution is -1.97. The number of hydrogen-bond acceptors (Lipinski definition) is 1. The number of hydrogen-bond donors (Lipinski definition) is 0. The van der Waals surface area contributed by atoms with E-state index >= 15 is 0 Å². The molecule has 1 atom stereocenters. The Kier molecular flexibility index (Phi) is 3.06. The molecule has 2 heteroatoms. The second-order valence-electron chi connectivity index (χ2n) is 2.81. The highest BCUT2D eigenvalue weighted by Crippen LogP contribution is 2.15. The number of aromatic nitrogens is 1. The average molecular weight is 214 g/mol. The van der Waals surface area contributed by atoms with E-state index in [-0.39, 0.29) is 0 Å². The summed E-state index contributed by atoms with van der Waals surface area (Å²) >= 11 is 3.44. The first kappa shape index (κ1) is 8.72. The van der Waals surface area contributed by atoms with Gasteiger partial charge in [-0.25, -0.2) is 0 Å². The molecule has 0 spiro atoms.